The number of nitrogens with one attached hydrogen (secondary N) is 1. The van der Waals surface area contributed by atoms with Crippen LogP contribution in [0.25, 0.3) is 0 Å². The SMILES string of the molecule is O=C(O)Cn1cc(S(=O)(=O)NCCCn2ccnc2)cn1. The normalized spacial score (nSPS) is 11.6. The van der Waals surface area contributed by atoms with Crippen molar-refractivity contribution in [2.45, 2.75) is 24.4 Å². The molecule has 2 heterocycles. The van der Waals surface area contributed by atoms with Gasteiger partial charge in [0.25, 0.3) is 0 Å². The van der Waals surface area contributed by atoms with E-state index in [-0.39, 0.29) is 18.0 Å². The molecule has 0 aromatic carbocycles. The molecule has 0 aliphatic carbocycles. The van der Waals surface area contributed by atoms with Crippen molar-refractivity contribution in [2.24, 2.45) is 0 Å². The standard InChI is InChI=1S/C11H15N5O4S/c17-11(18)8-16-7-10(6-13-16)21(19,20)14-2-1-4-15-5-3-12-9-15/h3,5-7,9,14H,1-2,4,8H2,(H,17,18). The number of aliphatic carboxylic acids is 1. The predicted molar refractivity (Wildman–Crippen MR) is 71.9 cm³/mol. The topological polar surface area (TPSA) is 119 Å². The van der Waals surface area contributed by atoms with Crippen LogP contribution in [0, 0.1) is 0 Å². The van der Waals surface area contributed by atoms with Crippen molar-refractivity contribution in [3.05, 3.63) is 31.1 Å². The average molecular weight is 313 g/mol. The zero-order valence-electron chi connectivity index (χ0n) is 11.1. The quantitative estimate of drug-likeness (QED) is 0.636. The number of rotatable bonds is 8. The molecular weight excluding hydrogens is 298 g/mol. The van der Waals surface area contributed by atoms with Crippen LogP contribution in [0.2, 0.25) is 0 Å². The lowest BCUT2D eigenvalue weighted by molar-refractivity contribution is -0.137. The Morgan fingerprint density at radius 2 is 2.24 bits per heavy atom. The molecule has 2 rings (SSSR count). The summed E-state index contributed by atoms with van der Waals surface area (Å²) >= 11 is 0. The summed E-state index contributed by atoms with van der Waals surface area (Å²) in [7, 11) is -3.67. The number of sulfonamides is 1. The van der Waals surface area contributed by atoms with Gasteiger partial charge in [-0.25, -0.2) is 18.1 Å². The van der Waals surface area contributed by atoms with Crippen LogP contribution in [0.15, 0.2) is 36.0 Å². The minimum absolute atomic E-state index is 0.0496. The van der Waals surface area contributed by atoms with Crippen LogP contribution in [-0.4, -0.2) is 45.4 Å². The number of aryl methyl sites for hydroxylation is 1. The van der Waals surface area contributed by atoms with E-state index in [1.807, 2.05) is 4.57 Å². The van der Waals surface area contributed by atoms with Crippen molar-refractivity contribution in [1.29, 1.82) is 0 Å². The third-order valence-electron chi connectivity index (χ3n) is 2.66. The first kappa shape index (κ1) is 15.2. The van der Waals surface area contributed by atoms with Gasteiger partial charge in [0.1, 0.15) is 11.4 Å². The van der Waals surface area contributed by atoms with Gasteiger partial charge in [0.15, 0.2) is 0 Å². The van der Waals surface area contributed by atoms with Gasteiger partial charge in [-0.3, -0.25) is 9.48 Å². The Labute approximate surface area is 121 Å². The molecule has 114 valence electrons. The van der Waals surface area contributed by atoms with E-state index in [1.54, 1.807) is 18.7 Å². The van der Waals surface area contributed by atoms with Crippen molar-refractivity contribution in [3.63, 3.8) is 0 Å². The van der Waals surface area contributed by atoms with Gasteiger partial charge in [-0.2, -0.15) is 5.10 Å². The van der Waals surface area contributed by atoms with Gasteiger partial charge in [0.05, 0.1) is 12.5 Å². The Morgan fingerprint density at radius 3 is 2.90 bits per heavy atom. The average Bonchev–Trinajstić information content (AvgIpc) is 3.05. The van der Waals surface area contributed by atoms with Gasteiger partial charge in [-0.05, 0) is 6.42 Å². The second-order valence-electron chi connectivity index (χ2n) is 4.32. The second kappa shape index (κ2) is 6.50. The van der Waals surface area contributed by atoms with E-state index in [4.69, 9.17) is 5.11 Å². The van der Waals surface area contributed by atoms with Gasteiger partial charge >= 0.3 is 5.97 Å². The van der Waals surface area contributed by atoms with E-state index in [9.17, 15) is 13.2 Å². The monoisotopic (exact) mass is 313 g/mol. The summed E-state index contributed by atoms with van der Waals surface area (Å²) in [5.74, 6) is -1.09. The van der Waals surface area contributed by atoms with Crippen LogP contribution in [0.4, 0.5) is 0 Å². The third-order valence-corrected chi connectivity index (χ3v) is 4.08. The first-order valence-electron chi connectivity index (χ1n) is 6.17. The number of carbonyl (C=O) groups is 1. The summed E-state index contributed by atoms with van der Waals surface area (Å²) < 4.78 is 29.3. The van der Waals surface area contributed by atoms with Crippen LogP contribution < -0.4 is 4.72 Å². The highest BCUT2D eigenvalue weighted by molar-refractivity contribution is 7.89. The van der Waals surface area contributed by atoms with Gasteiger partial charge in [0, 0.05) is 31.7 Å². The third kappa shape index (κ3) is 4.39. The van der Waals surface area contributed by atoms with Crippen molar-refractivity contribution in [3.8, 4) is 0 Å². The number of aromatic nitrogens is 4. The smallest absolute Gasteiger partial charge is 0.325 e. The lowest BCUT2D eigenvalue weighted by atomic mass is 10.4. The lowest BCUT2D eigenvalue weighted by Crippen LogP contribution is -2.25. The van der Waals surface area contributed by atoms with Gasteiger partial charge in [0.2, 0.25) is 10.0 Å². The number of carboxylic acid groups (broad SMARTS) is 1. The Balaban J connectivity index is 1.86. The van der Waals surface area contributed by atoms with Crippen molar-refractivity contribution < 1.29 is 18.3 Å². The van der Waals surface area contributed by atoms with E-state index < -0.39 is 16.0 Å². The maximum Gasteiger partial charge on any atom is 0.325 e. The zero-order valence-corrected chi connectivity index (χ0v) is 11.9. The minimum atomic E-state index is -3.67. The molecule has 0 saturated heterocycles. The van der Waals surface area contributed by atoms with Crippen molar-refractivity contribution in [2.75, 3.05) is 6.54 Å². The molecular formula is C11H15N5O4S. The zero-order chi connectivity index (χ0) is 15.3. The maximum atomic E-state index is 12.0. The van der Waals surface area contributed by atoms with Crippen LogP contribution in [0.3, 0.4) is 0 Å². The summed E-state index contributed by atoms with van der Waals surface area (Å²) in [4.78, 5) is 14.4. The summed E-state index contributed by atoms with van der Waals surface area (Å²) in [5, 5.41) is 12.3. The molecule has 0 spiro atoms. The molecule has 0 saturated carbocycles. The highest BCUT2D eigenvalue weighted by atomic mass is 32.2. The molecule has 2 aromatic heterocycles. The molecule has 2 N–H and O–H groups in total. The second-order valence-corrected chi connectivity index (χ2v) is 6.09. The lowest BCUT2D eigenvalue weighted by Gasteiger charge is -2.05. The van der Waals surface area contributed by atoms with Crippen LogP contribution in [0.5, 0.6) is 0 Å². The number of nitrogens with zero attached hydrogens (tertiary/aromatic N) is 4. The fraction of sp³-hybridized carbons (Fsp3) is 0.364. The molecule has 9 nitrogen and oxygen atoms in total. The molecule has 0 fully saturated rings. The first-order chi connectivity index (χ1) is 9.97. The van der Waals surface area contributed by atoms with E-state index in [2.05, 4.69) is 14.8 Å². The summed E-state index contributed by atoms with van der Waals surface area (Å²) in [6.07, 6.45) is 8.03. The fourth-order valence-electron chi connectivity index (χ4n) is 1.68. The molecule has 0 amide bonds. The molecule has 0 unspecified atom stereocenters. The molecule has 0 aliphatic heterocycles. The van der Waals surface area contributed by atoms with Gasteiger partial charge < -0.3 is 9.67 Å². The summed E-state index contributed by atoms with van der Waals surface area (Å²) in [6.45, 7) is 0.543. The molecule has 0 aliphatic rings. The van der Waals surface area contributed by atoms with E-state index in [0.29, 0.717) is 13.0 Å². The number of hydrogen-bond acceptors (Lipinski definition) is 5. The number of hydrogen-bond donors (Lipinski definition) is 2. The van der Waals surface area contributed by atoms with Gasteiger partial charge in [-0.15, -0.1) is 0 Å². The Morgan fingerprint density at radius 1 is 1.43 bits per heavy atom. The largest absolute Gasteiger partial charge is 0.480 e. The highest BCUT2D eigenvalue weighted by Crippen LogP contribution is 2.06. The maximum absolute atomic E-state index is 12.0. The molecule has 0 atom stereocenters. The molecule has 0 bridgehead atoms. The first-order valence-corrected chi connectivity index (χ1v) is 7.65. The minimum Gasteiger partial charge on any atom is -0.480 e. The Kier molecular flexibility index (Phi) is 4.70. The van der Waals surface area contributed by atoms with E-state index >= 15 is 0 Å². The molecule has 2 aromatic rings. The van der Waals surface area contributed by atoms with Crippen LogP contribution >= 0.6 is 0 Å². The van der Waals surface area contributed by atoms with Crippen molar-refractivity contribution in [1.82, 2.24) is 24.1 Å². The van der Waals surface area contributed by atoms with Crippen LogP contribution in [0.1, 0.15) is 6.42 Å². The molecule has 0 radical (unpaired) electrons. The van der Waals surface area contributed by atoms with E-state index in [1.165, 1.54) is 6.20 Å². The predicted octanol–water partition coefficient (Wildman–Crippen LogP) is -0.467. The molecule has 21 heavy (non-hydrogen) atoms. The Bertz CT molecular complexity index is 692. The summed E-state index contributed by atoms with van der Waals surface area (Å²) in [6, 6.07) is 0. The molecule has 10 heteroatoms. The number of imidazole rings is 1. The Hall–Kier alpha value is -2.20. The van der Waals surface area contributed by atoms with Crippen LogP contribution in [-0.2, 0) is 27.9 Å². The highest BCUT2D eigenvalue weighted by Gasteiger charge is 2.16. The number of carboxylic acids is 1. The van der Waals surface area contributed by atoms with Gasteiger partial charge in [-0.1, -0.05) is 0 Å². The van der Waals surface area contributed by atoms with Crippen molar-refractivity contribution >= 4 is 16.0 Å². The van der Waals surface area contributed by atoms with E-state index in [0.717, 1.165) is 10.9 Å². The summed E-state index contributed by atoms with van der Waals surface area (Å²) in [5.41, 5.74) is 0. The fourth-order valence-corrected chi connectivity index (χ4v) is 2.71.